The van der Waals surface area contributed by atoms with E-state index in [0.29, 0.717) is 80.4 Å². The summed E-state index contributed by atoms with van der Waals surface area (Å²) in [6.07, 6.45) is 3.84. The average Bonchev–Trinajstić information content (AvgIpc) is 3.31. The molecule has 2 N–H and O–H groups in total. The van der Waals surface area contributed by atoms with Crippen LogP contribution in [0, 0.1) is 11.8 Å². The van der Waals surface area contributed by atoms with Gasteiger partial charge in [0.2, 0.25) is 10.0 Å². The van der Waals surface area contributed by atoms with Crippen molar-refractivity contribution in [3.8, 4) is 5.75 Å². The second kappa shape index (κ2) is 16.4. The number of para-hydroxylation sites is 1. The minimum absolute atomic E-state index is 0.0127. The standard InChI is InChI=1S/C37H51BBrN5O7S/c1-24(2)52(49,50)43-18-9-27(10-19-43)26-7-14-41(15-8-26)35(46)33(23-25-21-30(38)34(45)31(39)22-25)51-37(48)42-16-12-29(13-17-42)44-20-11-28-5-3-4-6-32(28)40-36(44)47/h3-6,21-22,24,26-27,29,33,45H,7-20,23,38H2,1-2H3,(H,40,47)/t33-/m1/s1. The Bertz CT molecular complexity index is 1720. The molecule has 0 aliphatic carbocycles. The summed E-state index contributed by atoms with van der Waals surface area (Å²) in [5, 5.41) is 12.9. The maximum absolute atomic E-state index is 14.1. The number of rotatable bonds is 8. The number of halogens is 1. The number of amides is 4. The van der Waals surface area contributed by atoms with E-state index in [0.717, 1.165) is 48.9 Å². The van der Waals surface area contributed by atoms with Crippen molar-refractivity contribution in [1.82, 2.24) is 19.0 Å². The highest BCUT2D eigenvalue weighted by Gasteiger charge is 2.38. The van der Waals surface area contributed by atoms with Crippen LogP contribution in [0.3, 0.4) is 0 Å². The van der Waals surface area contributed by atoms with Crippen LogP contribution in [-0.4, -0.2) is 122 Å². The van der Waals surface area contributed by atoms with E-state index in [9.17, 15) is 27.9 Å². The summed E-state index contributed by atoms with van der Waals surface area (Å²) >= 11 is 3.41. The van der Waals surface area contributed by atoms with Crippen molar-refractivity contribution in [3.63, 3.8) is 0 Å². The third-order valence-electron chi connectivity index (χ3n) is 11.5. The second-order valence-corrected chi connectivity index (χ2v) is 18.4. The quantitative estimate of drug-likeness (QED) is 0.389. The first-order valence-corrected chi connectivity index (χ1v) is 21.0. The number of nitrogens with one attached hydrogen (secondary N) is 1. The number of carbonyl (C=O) groups is 3. The summed E-state index contributed by atoms with van der Waals surface area (Å²) < 4.78 is 33.5. The van der Waals surface area contributed by atoms with Crippen LogP contribution in [0.1, 0.15) is 63.5 Å². The SMILES string of the molecule is Bc1cc(C[C@@H](OC(=O)N2CCC(N3CCc4ccccc4NC3=O)CC2)C(=O)N2CCC(C3CCN(S(=O)(=O)C(C)C)CC3)CC2)cc(Br)c1O. The van der Waals surface area contributed by atoms with Crippen LogP contribution in [-0.2, 0) is 32.4 Å². The number of piperidine rings is 3. The molecule has 52 heavy (non-hydrogen) atoms. The molecular formula is C37H51BBrN5O7S. The van der Waals surface area contributed by atoms with E-state index < -0.39 is 27.5 Å². The number of benzene rings is 2. The van der Waals surface area contributed by atoms with Crippen LogP contribution in [0.2, 0.25) is 0 Å². The van der Waals surface area contributed by atoms with Crippen molar-refractivity contribution in [2.24, 2.45) is 11.8 Å². The first-order chi connectivity index (χ1) is 24.8. The van der Waals surface area contributed by atoms with Gasteiger partial charge in [-0.15, -0.1) is 0 Å². The van der Waals surface area contributed by atoms with Crippen LogP contribution < -0.4 is 10.8 Å². The Morgan fingerprint density at radius 3 is 2.19 bits per heavy atom. The fourth-order valence-electron chi connectivity index (χ4n) is 8.31. The van der Waals surface area contributed by atoms with Gasteiger partial charge in [0, 0.05) is 64.0 Å². The lowest BCUT2D eigenvalue weighted by Gasteiger charge is -2.41. The van der Waals surface area contributed by atoms with E-state index in [1.807, 2.05) is 35.2 Å². The molecule has 282 valence electrons. The number of sulfonamides is 1. The number of hydrogen-bond donors (Lipinski definition) is 2. The number of phenolic OH excluding ortho intramolecular Hbond substituents is 1. The van der Waals surface area contributed by atoms with E-state index in [1.165, 1.54) is 0 Å². The summed E-state index contributed by atoms with van der Waals surface area (Å²) in [5.74, 6) is 0.720. The lowest BCUT2D eigenvalue weighted by atomic mass is 9.79. The van der Waals surface area contributed by atoms with Crippen molar-refractivity contribution < 1.29 is 32.6 Å². The zero-order chi connectivity index (χ0) is 37.2. The largest absolute Gasteiger partial charge is 0.507 e. The van der Waals surface area contributed by atoms with Crippen LogP contribution in [0.25, 0.3) is 0 Å². The molecule has 4 heterocycles. The molecule has 1 atom stereocenters. The highest BCUT2D eigenvalue weighted by Crippen LogP contribution is 2.34. The number of anilines is 1. The molecule has 6 rings (SSSR count). The molecule has 0 radical (unpaired) electrons. The molecule has 2 aromatic rings. The Morgan fingerprint density at radius 2 is 1.56 bits per heavy atom. The number of phenols is 1. The molecule has 4 amide bonds. The number of ether oxygens (including phenoxy) is 1. The van der Waals surface area contributed by atoms with Gasteiger partial charge in [0.1, 0.15) is 13.6 Å². The Hall–Kier alpha value is -3.30. The van der Waals surface area contributed by atoms with Gasteiger partial charge >= 0.3 is 12.1 Å². The van der Waals surface area contributed by atoms with Crippen LogP contribution in [0.5, 0.6) is 5.75 Å². The molecule has 4 aliphatic heterocycles. The lowest BCUT2D eigenvalue weighted by molar-refractivity contribution is -0.142. The highest BCUT2D eigenvalue weighted by molar-refractivity contribution is 9.10. The van der Waals surface area contributed by atoms with Gasteiger partial charge in [-0.2, -0.15) is 0 Å². The molecule has 3 fully saturated rings. The summed E-state index contributed by atoms with van der Waals surface area (Å²) in [4.78, 5) is 46.2. The van der Waals surface area contributed by atoms with Gasteiger partial charge in [-0.1, -0.05) is 24.3 Å². The Balaban J connectivity index is 1.06. The zero-order valence-corrected chi connectivity index (χ0v) is 32.8. The molecule has 0 spiro atoms. The van der Waals surface area contributed by atoms with Gasteiger partial charge in [0.05, 0.1) is 9.72 Å². The Labute approximate surface area is 316 Å². The van der Waals surface area contributed by atoms with Gasteiger partial charge in [-0.3, -0.25) is 4.79 Å². The number of likely N-dealkylation sites (tertiary alicyclic amines) is 2. The molecule has 15 heteroatoms. The second-order valence-electron chi connectivity index (χ2n) is 15.1. The van der Waals surface area contributed by atoms with Crippen molar-refractivity contribution in [1.29, 1.82) is 0 Å². The summed E-state index contributed by atoms with van der Waals surface area (Å²) in [6, 6.07) is 11.3. The number of urea groups is 1. The number of fused-ring (bicyclic) bond motifs is 1. The fourth-order valence-corrected chi connectivity index (χ4v) is 10.2. The van der Waals surface area contributed by atoms with Gasteiger partial charge in [-0.05, 0) is 115 Å². The van der Waals surface area contributed by atoms with E-state index in [4.69, 9.17) is 4.74 Å². The average molecular weight is 801 g/mol. The molecule has 0 aromatic heterocycles. The minimum Gasteiger partial charge on any atom is -0.507 e. The van der Waals surface area contributed by atoms with E-state index in [-0.39, 0.29) is 30.2 Å². The molecule has 0 saturated carbocycles. The van der Waals surface area contributed by atoms with E-state index >= 15 is 0 Å². The van der Waals surface area contributed by atoms with E-state index in [2.05, 4.69) is 21.2 Å². The first kappa shape index (κ1) is 38.4. The van der Waals surface area contributed by atoms with Crippen molar-refractivity contribution in [2.75, 3.05) is 51.1 Å². The number of carbonyl (C=O) groups excluding carboxylic acids is 3. The molecule has 12 nitrogen and oxygen atoms in total. The number of nitrogens with zero attached hydrogens (tertiary/aromatic N) is 4. The third-order valence-corrected chi connectivity index (χ3v) is 14.4. The van der Waals surface area contributed by atoms with Crippen molar-refractivity contribution >= 4 is 63.0 Å². The zero-order valence-electron chi connectivity index (χ0n) is 30.4. The van der Waals surface area contributed by atoms with Crippen molar-refractivity contribution in [3.05, 3.63) is 52.0 Å². The van der Waals surface area contributed by atoms with Gasteiger partial charge < -0.3 is 29.9 Å². The summed E-state index contributed by atoms with van der Waals surface area (Å²) in [7, 11) is -1.47. The van der Waals surface area contributed by atoms with E-state index in [1.54, 1.807) is 41.9 Å². The maximum atomic E-state index is 14.1. The van der Waals surface area contributed by atoms with Crippen molar-refractivity contribution in [2.45, 2.75) is 82.6 Å². The topological polar surface area (TPSA) is 140 Å². The summed E-state index contributed by atoms with van der Waals surface area (Å²) in [5.41, 5.74) is 3.36. The molecule has 0 bridgehead atoms. The Kier molecular flexibility index (Phi) is 12.1. The number of aromatic hydroxyl groups is 1. The predicted molar refractivity (Wildman–Crippen MR) is 206 cm³/mol. The van der Waals surface area contributed by atoms with Crippen LogP contribution in [0.15, 0.2) is 40.9 Å². The number of hydrogen-bond acceptors (Lipinski definition) is 7. The Morgan fingerprint density at radius 1 is 0.942 bits per heavy atom. The van der Waals surface area contributed by atoms with Gasteiger partial charge in [0.15, 0.2) is 6.10 Å². The van der Waals surface area contributed by atoms with Crippen LogP contribution in [0.4, 0.5) is 15.3 Å². The monoisotopic (exact) mass is 799 g/mol. The molecule has 4 aliphatic rings. The summed E-state index contributed by atoms with van der Waals surface area (Å²) in [6.45, 7) is 7.05. The molecule has 3 saturated heterocycles. The maximum Gasteiger partial charge on any atom is 0.410 e. The predicted octanol–water partition coefficient (Wildman–Crippen LogP) is 3.70. The minimum atomic E-state index is -3.26. The highest BCUT2D eigenvalue weighted by atomic mass is 79.9. The first-order valence-electron chi connectivity index (χ1n) is 18.7. The molecule has 0 unspecified atom stereocenters. The fraction of sp³-hybridized carbons (Fsp3) is 0.595. The molecule has 2 aromatic carbocycles. The third kappa shape index (κ3) is 8.57. The molecular weight excluding hydrogens is 749 g/mol. The normalized spacial score (nSPS) is 20.7. The van der Waals surface area contributed by atoms with Crippen LogP contribution >= 0.6 is 15.9 Å². The van der Waals surface area contributed by atoms with Gasteiger partial charge in [0.25, 0.3) is 5.91 Å². The smallest absolute Gasteiger partial charge is 0.410 e. The lowest BCUT2D eigenvalue weighted by Crippen LogP contribution is -2.52. The van der Waals surface area contributed by atoms with Gasteiger partial charge in [-0.25, -0.2) is 22.3 Å².